The van der Waals surface area contributed by atoms with Crippen LogP contribution in [0.2, 0.25) is 5.02 Å². The molecule has 0 saturated heterocycles. The maximum Gasteiger partial charge on any atom is 0.231 e. The van der Waals surface area contributed by atoms with E-state index in [2.05, 4.69) is 5.32 Å². The lowest BCUT2D eigenvalue weighted by atomic mass is 9.95. The van der Waals surface area contributed by atoms with Crippen molar-refractivity contribution in [1.82, 2.24) is 0 Å². The number of carbonyl (C=O) groups is 1. The van der Waals surface area contributed by atoms with Gasteiger partial charge in [0, 0.05) is 10.7 Å². The Kier molecular flexibility index (Phi) is 4.80. The Morgan fingerprint density at radius 3 is 2.50 bits per heavy atom. The molecule has 0 radical (unpaired) electrons. The van der Waals surface area contributed by atoms with Gasteiger partial charge in [-0.2, -0.15) is 0 Å². The highest BCUT2D eigenvalue weighted by Crippen LogP contribution is 2.24. The van der Waals surface area contributed by atoms with Crippen LogP contribution in [0.4, 0.5) is 5.69 Å². The Morgan fingerprint density at radius 1 is 1.20 bits per heavy atom. The smallest absolute Gasteiger partial charge is 0.231 e. The molecule has 0 aliphatic heterocycles. The lowest BCUT2D eigenvalue weighted by Crippen LogP contribution is -2.21. The molecule has 0 unspecified atom stereocenters. The van der Waals surface area contributed by atoms with Gasteiger partial charge < -0.3 is 5.32 Å². The van der Waals surface area contributed by atoms with E-state index in [0.717, 1.165) is 23.2 Å². The first-order valence-corrected chi connectivity index (χ1v) is 7.11. The van der Waals surface area contributed by atoms with Gasteiger partial charge in [-0.05, 0) is 42.7 Å². The van der Waals surface area contributed by atoms with Crippen LogP contribution in [-0.2, 0) is 4.79 Å². The minimum absolute atomic E-state index is 0.0177. The van der Waals surface area contributed by atoms with Gasteiger partial charge in [0.05, 0.1) is 5.92 Å². The van der Waals surface area contributed by atoms with Crippen molar-refractivity contribution in [3.63, 3.8) is 0 Å². The van der Waals surface area contributed by atoms with Crippen LogP contribution in [0.1, 0.15) is 30.4 Å². The molecule has 0 aliphatic carbocycles. The average molecular weight is 288 g/mol. The van der Waals surface area contributed by atoms with Crippen LogP contribution in [-0.4, -0.2) is 5.91 Å². The molecule has 1 amide bonds. The van der Waals surface area contributed by atoms with Gasteiger partial charge in [0.25, 0.3) is 0 Å². The highest BCUT2D eigenvalue weighted by molar-refractivity contribution is 6.30. The van der Waals surface area contributed by atoms with E-state index in [1.54, 1.807) is 6.07 Å². The molecule has 20 heavy (non-hydrogen) atoms. The summed E-state index contributed by atoms with van der Waals surface area (Å²) in [5, 5.41) is 3.67. The summed E-state index contributed by atoms with van der Waals surface area (Å²) < 4.78 is 0. The van der Waals surface area contributed by atoms with E-state index in [9.17, 15) is 4.79 Å². The number of amides is 1. The normalized spacial score (nSPS) is 11.9. The molecule has 0 aromatic heterocycles. The summed E-state index contributed by atoms with van der Waals surface area (Å²) in [7, 11) is 0. The highest BCUT2D eigenvalue weighted by Gasteiger charge is 2.18. The fraction of sp³-hybridized carbons (Fsp3) is 0.235. The van der Waals surface area contributed by atoms with E-state index < -0.39 is 0 Å². The Labute approximate surface area is 124 Å². The van der Waals surface area contributed by atoms with E-state index in [1.807, 2.05) is 56.3 Å². The molecule has 2 nitrogen and oxygen atoms in total. The number of nitrogens with one attached hydrogen (secondary N) is 1. The van der Waals surface area contributed by atoms with E-state index in [1.165, 1.54) is 0 Å². The molecule has 0 spiro atoms. The van der Waals surface area contributed by atoms with Crippen LogP contribution in [0.5, 0.6) is 0 Å². The maximum atomic E-state index is 12.4. The second-order valence-electron chi connectivity index (χ2n) is 4.82. The summed E-state index contributed by atoms with van der Waals surface area (Å²) >= 11 is 5.93. The molecule has 0 heterocycles. The number of aryl methyl sites for hydroxylation is 1. The Bertz CT molecular complexity index is 595. The molecule has 1 N–H and O–H groups in total. The van der Waals surface area contributed by atoms with E-state index in [-0.39, 0.29) is 11.8 Å². The Morgan fingerprint density at radius 2 is 1.90 bits per heavy atom. The Hall–Kier alpha value is -1.80. The van der Waals surface area contributed by atoms with Crippen molar-refractivity contribution in [3.05, 3.63) is 64.7 Å². The van der Waals surface area contributed by atoms with Gasteiger partial charge in [-0.15, -0.1) is 0 Å². The number of halogens is 1. The average Bonchev–Trinajstić information content (AvgIpc) is 2.44. The van der Waals surface area contributed by atoms with Gasteiger partial charge in [0.2, 0.25) is 5.91 Å². The van der Waals surface area contributed by atoms with Crippen LogP contribution < -0.4 is 5.32 Å². The summed E-state index contributed by atoms with van der Waals surface area (Å²) in [4.78, 5) is 12.4. The monoisotopic (exact) mass is 287 g/mol. The predicted molar refractivity (Wildman–Crippen MR) is 84.3 cm³/mol. The van der Waals surface area contributed by atoms with E-state index in [0.29, 0.717) is 5.02 Å². The molecular formula is C17H18ClNO. The third-order valence-electron chi connectivity index (χ3n) is 3.37. The van der Waals surface area contributed by atoms with Gasteiger partial charge in [0.1, 0.15) is 0 Å². The van der Waals surface area contributed by atoms with Crippen LogP contribution >= 0.6 is 11.6 Å². The molecule has 3 heteroatoms. The predicted octanol–water partition coefficient (Wildman–Crippen LogP) is 4.78. The second kappa shape index (κ2) is 6.58. The molecule has 2 rings (SSSR count). The molecule has 1 atom stereocenters. The zero-order valence-electron chi connectivity index (χ0n) is 11.7. The highest BCUT2D eigenvalue weighted by atomic mass is 35.5. The molecule has 0 bridgehead atoms. The van der Waals surface area contributed by atoms with Gasteiger partial charge in [-0.3, -0.25) is 4.79 Å². The van der Waals surface area contributed by atoms with Gasteiger partial charge >= 0.3 is 0 Å². The first kappa shape index (κ1) is 14.6. The minimum atomic E-state index is -0.133. The number of anilines is 1. The quantitative estimate of drug-likeness (QED) is 0.861. The van der Waals surface area contributed by atoms with Gasteiger partial charge in [-0.25, -0.2) is 0 Å². The number of rotatable bonds is 4. The third kappa shape index (κ3) is 3.40. The summed E-state index contributed by atoms with van der Waals surface area (Å²) in [6.07, 6.45) is 0.766. The second-order valence-corrected chi connectivity index (χ2v) is 5.26. The van der Waals surface area contributed by atoms with Crippen molar-refractivity contribution in [2.24, 2.45) is 0 Å². The first-order chi connectivity index (χ1) is 9.61. The zero-order chi connectivity index (χ0) is 14.5. The standard InChI is InChI=1S/C17H18ClNO/c1-3-15(13-7-5-4-6-8-13)17(20)19-16-10-9-14(18)11-12(16)2/h4-11,15H,3H2,1-2H3,(H,19,20)/t15-/m0/s1. The number of benzene rings is 2. The number of hydrogen-bond donors (Lipinski definition) is 1. The summed E-state index contributed by atoms with van der Waals surface area (Å²) in [5.74, 6) is -0.115. The SMILES string of the molecule is CC[C@H](C(=O)Nc1ccc(Cl)cc1C)c1ccccc1. The van der Waals surface area contributed by atoms with Crippen LogP contribution in [0.25, 0.3) is 0 Å². The van der Waals surface area contributed by atoms with E-state index in [4.69, 9.17) is 11.6 Å². The largest absolute Gasteiger partial charge is 0.325 e. The lowest BCUT2D eigenvalue weighted by molar-refractivity contribution is -0.117. The van der Waals surface area contributed by atoms with Crippen molar-refractivity contribution in [2.45, 2.75) is 26.2 Å². The fourth-order valence-corrected chi connectivity index (χ4v) is 2.47. The molecule has 104 valence electrons. The van der Waals surface area contributed by atoms with Crippen LogP contribution in [0.15, 0.2) is 48.5 Å². The van der Waals surface area contributed by atoms with Crippen molar-refractivity contribution in [3.8, 4) is 0 Å². The fourth-order valence-electron chi connectivity index (χ4n) is 2.24. The number of carbonyl (C=O) groups excluding carboxylic acids is 1. The molecule has 2 aromatic rings. The van der Waals surface area contributed by atoms with Crippen molar-refractivity contribution in [1.29, 1.82) is 0 Å². The summed E-state index contributed by atoms with van der Waals surface area (Å²) in [5.41, 5.74) is 2.82. The molecule has 0 saturated carbocycles. The summed E-state index contributed by atoms with van der Waals surface area (Å²) in [6, 6.07) is 15.3. The van der Waals surface area contributed by atoms with Crippen LogP contribution in [0.3, 0.4) is 0 Å². The molecule has 0 aliphatic rings. The summed E-state index contributed by atoms with van der Waals surface area (Å²) in [6.45, 7) is 3.96. The molecule has 2 aromatic carbocycles. The topological polar surface area (TPSA) is 29.1 Å². The Balaban J connectivity index is 2.18. The van der Waals surface area contributed by atoms with Crippen molar-refractivity contribution >= 4 is 23.2 Å². The molecule has 0 fully saturated rings. The van der Waals surface area contributed by atoms with E-state index >= 15 is 0 Å². The van der Waals surface area contributed by atoms with Gasteiger partial charge in [-0.1, -0.05) is 48.9 Å². The molecular weight excluding hydrogens is 270 g/mol. The van der Waals surface area contributed by atoms with Crippen LogP contribution in [0, 0.1) is 6.92 Å². The number of hydrogen-bond acceptors (Lipinski definition) is 1. The third-order valence-corrected chi connectivity index (χ3v) is 3.61. The zero-order valence-corrected chi connectivity index (χ0v) is 12.4. The van der Waals surface area contributed by atoms with Gasteiger partial charge in [0.15, 0.2) is 0 Å². The van der Waals surface area contributed by atoms with Crippen molar-refractivity contribution in [2.75, 3.05) is 5.32 Å². The maximum absolute atomic E-state index is 12.4. The van der Waals surface area contributed by atoms with Crippen molar-refractivity contribution < 1.29 is 4.79 Å². The first-order valence-electron chi connectivity index (χ1n) is 6.73. The lowest BCUT2D eigenvalue weighted by Gasteiger charge is -2.16. The minimum Gasteiger partial charge on any atom is -0.325 e.